The number of fused-ring (bicyclic) bond motifs is 1. The summed E-state index contributed by atoms with van der Waals surface area (Å²) in [6, 6.07) is 26.8. The van der Waals surface area contributed by atoms with Gasteiger partial charge in [-0.15, -0.1) is 0 Å². The van der Waals surface area contributed by atoms with Gasteiger partial charge in [0, 0.05) is 5.56 Å². The number of methoxy groups -OCH3 is 1. The van der Waals surface area contributed by atoms with Crippen molar-refractivity contribution in [1.82, 2.24) is 5.43 Å². The Morgan fingerprint density at radius 2 is 1.71 bits per heavy atom. The van der Waals surface area contributed by atoms with Crippen LogP contribution in [0.3, 0.4) is 0 Å². The first-order valence-electron chi connectivity index (χ1n) is 11.0. The minimum atomic E-state index is -0.304. The van der Waals surface area contributed by atoms with Crippen LogP contribution in [0.2, 0.25) is 0 Å². The molecular formula is C28H26N2O4. The van der Waals surface area contributed by atoms with Crippen molar-refractivity contribution in [3.63, 3.8) is 0 Å². The molecule has 0 radical (unpaired) electrons. The van der Waals surface area contributed by atoms with Gasteiger partial charge < -0.3 is 14.2 Å². The molecule has 4 aromatic rings. The first kappa shape index (κ1) is 22.9. The zero-order valence-corrected chi connectivity index (χ0v) is 19.2. The molecule has 0 bridgehead atoms. The number of rotatable bonds is 9. The van der Waals surface area contributed by atoms with Crippen LogP contribution in [0.25, 0.3) is 10.8 Å². The number of benzene rings is 4. The van der Waals surface area contributed by atoms with E-state index in [0.29, 0.717) is 30.3 Å². The molecule has 0 fully saturated rings. The van der Waals surface area contributed by atoms with Crippen LogP contribution >= 0.6 is 0 Å². The maximum absolute atomic E-state index is 12.3. The Morgan fingerprint density at radius 3 is 2.50 bits per heavy atom. The van der Waals surface area contributed by atoms with Gasteiger partial charge in [0.2, 0.25) is 0 Å². The van der Waals surface area contributed by atoms with E-state index >= 15 is 0 Å². The van der Waals surface area contributed by atoms with Crippen LogP contribution in [-0.2, 0) is 6.61 Å². The largest absolute Gasteiger partial charge is 0.494 e. The summed E-state index contributed by atoms with van der Waals surface area (Å²) in [6.07, 6.45) is 1.56. The van der Waals surface area contributed by atoms with Gasteiger partial charge in [-0.25, -0.2) is 5.43 Å². The molecule has 0 aliphatic rings. The van der Waals surface area contributed by atoms with Gasteiger partial charge in [0.05, 0.1) is 19.9 Å². The lowest BCUT2D eigenvalue weighted by molar-refractivity contribution is 0.0955. The second kappa shape index (κ2) is 11.0. The molecule has 4 rings (SSSR count). The average molecular weight is 455 g/mol. The number of carbonyl (C=O) groups excluding carboxylic acids is 1. The molecule has 0 atom stereocenters. The molecule has 0 aliphatic carbocycles. The molecule has 0 saturated carbocycles. The van der Waals surface area contributed by atoms with Gasteiger partial charge in [-0.05, 0) is 71.3 Å². The lowest BCUT2D eigenvalue weighted by atomic mass is 10.1. The molecule has 0 unspecified atom stereocenters. The third-order valence-electron chi connectivity index (χ3n) is 5.26. The number of hydrogen-bond acceptors (Lipinski definition) is 5. The zero-order chi connectivity index (χ0) is 23.8. The normalized spacial score (nSPS) is 10.9. The van der Waals surface area contributed by atoms with Crippen LogP contribution < -0.4 is 19.6 Å². The first-order valence-corrected chi connectivity index (χ1v) is 11.0. The molecule has 1 N–H and O–H groups in total. The van der Waals surface area contributed by atoms with Crippen LogP contribution in [0.4, 0.5) is 0 Å². The number of hydrazone groups is 1. The van der Waals surface area contributed by atoms with E-state index in [9.17, 15) is 4.79 Å². The summed E-state index contributed by atoms with van der Waals surface area (Å²) in [5.74, 6) is 1.63. The molecule has 0 saturated heterocycles. The zero-order valence-electron chi connectivity index (χ0n) is 19.2. The summed E-state index contributed by atoms with van der Waals surface area (Å²) >= 11 is 0. The van der Waals surface area contributed by atoms with E-state index < -0.39 is 0 Å². The molecule has 0 aromatic heterocycles. The van der Waals surface area contributed by atoms with E-state index in [1.54, 1.807) is 37.6 Å². The monoisotopic (exact) mass is 454 g/mol. The quantitative estimate of drug-likeness (QED) is 0.264. The highest BCUT2D eigenvalue weighted by atomic mass is 16.5. The van der Waals surface area contributed by atoms with E-state index in [1.807, 2.05) is 43.3 Å². The lowest BCUT2D eigenvalue weighted by Gasteiger charge is -2.12. The van der Waals surface area contributed by atoms with Crippen molar-refractivity contribution in [1.29, 1.82) is 0 Å². The molecule has 6 nitrogen and oxygen atoms in total. The third-order valence-corrected chi connectivity index (χ3v) is 5.26. The second-order valence-electron chi connectivity index (χ2n) is 7.49. The van der Waals surface area contributed by atoms with Crippen LogP contribution in [0.5, 0.6) is 17.2 Å². The van der Waals surface area contributed by atoms with Crippen LogP contribution in [-0.4, -0.2) is 25.8 Å². The number of nitrogens with zero attached hydrogens (tertiary/aromatic N) is 1. The highest BCUT2D eigenvalue weighted by Crippen LogP contribution is 2.29. The standard InChI is InChI=1S/C28H26N2O4/c1-3-33-24-14-12-22(13-15-24)28(31)30-29-18-20-11-16-26(27(17-20)32-2)34-19-23-9-6-8-21-7-4-5-10-25(21)23/h4-18H,3,19H2,1-2H3,(H,30,31)/b29-18-. The van der Waals surface area contributed by atoms with Gasteiger partial charge >= 0.3 is 0 Å². The van der Waals surface area contributed by atoms with Crippen LogP contribution in [0.1, 0.15) is 28.4 Å². The van der Waals surface area contributed by atoms with Crippen molar-refractivity contribution >= 4 is 22.9 Å². The van der Waals surface area contributed by atoms with Gasteiger partial charge in [-0.1, -0.05) is 42.5 Å². The lowest BCUT2D eigenvalue weighted by Crippen LogP contribution is -2.17. The van der Waals surface area contributed by atoms with E-state index in [0.717, 1.165) is 22.3 Å². The fourth-order valence-corrected chi connectivity index (χ4v) is 3.56. The molecule has 0 heterocycles. The summed E-state index contributed by atoms with van der Waals surface area (Å²) in [5.41, 5.74) is 4.89. The molecule has 34 heavy (non-hydrogen) atoms. The Hall–Kier alpha value is -4.32. The Bertz CT molecular complexity index is 1290. The Labute approximate surface area is 198 Å². The van der Waals surface area contributed by atoms with Gasteiger partial charge in [0.1, 0.15) is 12.4 Å². The highest BCUT2D eigenvalue weighted by Gasteiger charge is 2.08. The molecule has 6 heteroatoms. The predicted octanol–water partition coefficient (Wildman–Crippen LogP) is 5.59. The van der Waals surface area contributed by atoms with Crippen molar-refractivity contribution in [3.8, 4) is 17.2 Å². The van der Waals surface area contributed by atoms with Crippen LogP contribution in [0, 0.1) is 0 Å². The Kier molecular flexibility index (Phi) is 7.40. The maximum atomic E-state index is 12.3. The number of hydrogen-bond donors (Lipinski definition) is 1. The molecule has 0 aliphatic heterocycles. The van der Waals surface area contributed by atoms with E-state index in [2.05, 4.69) is 34.8 Å². The number of ether oxygens (including phenoxy) is 3. The van der Waals surface area contributed by atoms with Crippen LogP contribution in [0.15, 0.2) is 90.0 Å². The number of nitrogens with one attached hydrogen (secondary N) is 1. The third kappa shape index (κ3) is 5.53. The molecule has 0 spiro atoms. The van der Waals surface area contributed by atoms with E-state index in [1.165, 1.54) is 5.39 Å². The Morgan fingerprint density at radius 1 is 0.912 bits per heavy atom. The highest BCUT2D eigenvalue weighted by molar-refractivity contribution is 5.95. The fraction of sp³-hybridized carbons (Fsp3) is 0.143. The van der Waals surface area contributed by atoms with Gasteiger partial charge in [0.25, 0.3) is 5.91 Å². The number of amides is 1. The molecule has 172 valence electrons. The minimum Gasteiger partial charge on any atom is -0.494 e. The summed E-state index contributed by atoms with van der Waals surface area (Å²) in [6.45, 7) is 2.91. The van der Waals surface area contributed by atoms with Crippen molar-refractivity contribution in [3.05, 3.63) is 102 Å². The average Bonchev–Trinajstić information content (AvgIpc) is 2.88. The summed E-state index contributed by atoms with van der Waals surface area (Å²) in [5, 5.41) is 6.40. The smallest absolute Gasteiger partial charge is 0.271 e. The predicted molar refractivity (Wildman–Crippen MR) is 134 cm³/mol. The summed E-state index contributed by atoms with van der Waals surface area (Å²) in [4.78, 5) is 12.3. The van der Waals surface area contributed by atoms with Gasteiger partial charge in [-0.2, -0.15) is 5.10 Å². The molecular weight excluding hydrogens is 428 g/mol. The Balaban J connectivity index is 1.39. The topological polar surface area (TPSA) is 69.2 Å². The minimum absolute atomic E-state index is 0.304. The van der Waals surface area contributed by atoms with Gasteiger partial charge in [0.15, 0.2) is 11.5 Å². The summed E-state index contributed by atoms with van der Waals surface area (Å²) in [7, 11) is 1.59. The molecule has 1 amide bonds. The SMILES string of the molecule is CCOc1ccc(C(=O)N/N=C\c2ccc(OCc3cccc4ccccc34)c(OC)c2)cc1. The van der Waals surface area contributed by atoms with E-state index in [-0.39, 0.29) is 5.91 Å². The number of carbonyl (C=O) groups is 1. The fourth-order valence-electron chi connectivity index (χ4n) is 3.56. The first-order chi connectivity index (χ1) is 16.7. The summed E-state index contributed by atoms with van der Waals surface area (Å²) < 4.78 is 16.9. The second-order valence-corrected chi connectivity index (χ2v) is 7.49. The molecule has 4 aromatic carbocycles. The van der Waals surface area contributed by atoms with Crippen molar-refractivity contribution in [2.75, 3.05) is 13.7 Å². The van der Waals surface area contributed by atoms with Gasteiger partial charge in [-0.3, -0.25) is 4.79 Å². The van der Waals surface area contributed by atoms with Crippen molar-refractivity contribution < 1.29 is 19.0 Å². The van der Waals surface area contributed by atoms with Crippen molar-refractivity contribution in [2.24, 2.45) is 5.10 Å². The maximum Gasteiger partial charge on any atom is 0.271 e. The van der Waals surface area contributed by atoms with Crippen molar-refractivity contribution in [2.45, 2.75) is 13.5 Å². The van der Waals surface area contributed by atoms with E-state index in [4.69, 9.17) is 14.2 Å².